The number of carbonyl (C=O) groups excluding carboxylic acids is 1. The molecule has 1 aromatic carbocycles. The molecule has 1 aromatic rings. The summed E-state index contributed by atoms with van der Waals surface area (Å²) in [6, 6.07) is 3.60. The van der Waals surface area contributed by atoms with E-state index in [2.05, 4.69) is 5.32 Å². The zero-order chi connectivity index (χ0) is 14.4. The second-order valence-electron chi connectivity index (χ2n) is 3.86. The number of rotatable bonds is 5. The van der Waals surface area contributed by atoms with Crippen LogP contribution in [0.2, 0.25) is 0 Å². The van der Waals surface area contributed by atoms with E-state index < -0.39 is 0 Å². The van der Waals surface area contributed by atoms with Crippen LogP contribution in [0.4, 0.5) is 0 Å². The van der Waals surface area contributed by atoms with Crippen LogP contribution in [-0.2, 0) is 4.79 Å². The highest BCUT2D eigenvalue weighted by Gasteiger charge is 2.14. The van der Waals surface area contributed by atoms with Crippen LogP contribution in [-0.4, -0.2) is 34.3 Å². The Bertz CT molecular complexity index is 469. The van der Waals surface area contributed by atoms with Crippen LogP contribution in [0.5, 0.6) is 17.2 Å². The van der Waals surface area contributed by atoms with Crippen molar-refractivity contribution in [2.24, 2.45) is 0 Å². The van der Waals surface area contributed by atoms with Gasteiger partial charge >= 0.3 is 0 Å². The molecule has 0 atom stereocenters. The van der Waals surface area contributed by atoms with Crippen LogP contribution >= 0.6 is 0 Å². The molecule has 1 N–H and O–H groups in total. The fourth-order valence-corrected chi connectivity index (χ4v) is 1.66. The summed E-state index contributed by atoms with van der Waals surface area (Å²) < 4.78 is 15.8. The lowest BCUT2D eigenvalue weighted by Crippen LogP contribution is -2.14. The molecule has 0 fully saturated rings. The maximum Gasteiger partial charge on any atom is 0.244 e. The van der Waals surface area contributed by atoms with Gasteiger partial charge in [0.05, 0.1) is 21.3 Å². The van der Waals surface area contributed by atoms with Gasteiger partial charge in [0, 0.05) is 13.1 Å². The predicted octanol–water partition coefficient (Wildman–Crippen LogP) is 1.86. The van der Waals surface area contributed by atoms with E-state index in [1.807, 2.05) is 6.92 Å². The van der Waals surface area contributed by atoms with Gasteiger partial charge in [-0.1, -0.05) is 0 Å². The fourth-order valence-electron chi connectivity index (χ4n) is 1.66. The van der Waals surface area contributed by atoms with E-state index >= 15 is 0 Å². The molecule has 0 saturated carbocycles. The van der Waals surface area contributed by atoms with Crippen molar-refractivity contribution < 1.29 is 19.0 Å². The molecule has 104 valence electrons. The summed E-state index contributed by atoms with van der Waals surface area (Å²) in [6.45, 7) is 1.84. The molecule has 0 bridgehead atoms. The summed E-state index contributed by atoms with van der Waals surface area (Å²) >= 11 is 0. The molecule has 1 amide bonds. The van der Waals surface area contributed by atoms with Gasteiger partial charge in [0.2, 0.25) is 11.7 Å². The first kappa shape index (κ1) is 14.9. The van der Waals surface area contributed by atoms with Crippen molar-refractivity contribution in [3.05, 3.63) is 23.8 Å². The molecule has 0 unspecified atom stereocenters. The molecule has 0 saturated heterocycles. The molecule has 0 heterocycles. The normalized spacial score (nSPS) is 10.9. The Morgan fingerprint density at radius 1 is 1.11 bits per heavy atom. The first-order valence-corrected chi connectivity index (χ1v) is 5.77. The van der Waals surface area contributed by atoms with Gasteiger partial charge in [0.1, 0.15) is 0 Å². The van der Waals surface area contributed by atoms with Crippen LogP contribution < -0.4 is 19.5 Å². The largest absolute Gasteiger partial charge is 0.493 e. The van der Waals surface area contributed by atoms with Crippen LogP contribution in [0.1, 0.15) is 12.5 Å². The van der Waals surface area contributed by atoms with Crippen molar-refractivity contribution in [2.45, 2.75) is 6.92 Å². The minimum atomic E-state index is -0.161. The highest BCUT2D eigenvalue weighted by molar-refractivity contribution is 5.94. The fraction of sp³-hybridized carbons (Fsp3) is 0.357. The number of nitrogens with one attached hydrogen (secondary N) is 1. The molecule has 19 heavy (non-hydrogen) atoms. The van der Waals surface area contributed by atoms with Gasteiger partial charge in [0.15, 0.2) is 11.5 Å². The summed E-state index contributed by atoms with van der Waals surface area (Å²) in [6.07, 6.45) is 1.51. The number of hydrogen-bond acceptors (Lipinski definition) is 4. The van der Waals surface area contributed by atoms with Gasteiger partial charge < -0.3 is 19.5 Å². The second kappa shape index (κ2) is 6.68. The van der Waals surface area contributed by atoms with Crippen LogP contribution in [0.25, 0.3) is 5.57 Å². The van der Waals surface area contributed by atoms with Crippen molar-refractivity contribution in [1.82, 2.24) is 5.32 Å². The number of amides is 1. The maximum absolute atomic E-state index is 11.4. The van der Waals surface area contributed by atoms with Gasteiger partial charge in [-0.25, -0.2) is 0 Å². The summed E-state index contributed by atoms with van der Waals surface area (Å²) in [5, 5.41) is 2.54. The van der Waals surface area contributed by atoms with Crippen LogP contribution in [0.15, 0.2) is 18.2 Å². The van der Waals surface area contributed by atoms with Gasteiger partial charge in [-0.2, -0.15) is 0 Å². The van der Waals surface area contributed by atoms with Crippen molar-refractivity contribution in [2.75, 3.05) is 28.4 Å². The highest BCUT2D eigenvalue weighted by Crippen LogP contribution is 2.39. The maximum atomic E-state index is 11.4. The number of benzene rings is 1. The SMILES string of the molecule is CNC(=O)/C=C(\C)c1cc(OC)c(OC)c(OC)c1. The van der Waals surface area contributed by atoms with Crippen molar-refractivity contribution in [3.63, 3.8) is 0 Å². The highest BCUT2D eigenvalue weighted by atomic mass is 16.5. The topological polar surface area (TPSA) is 56.8 Å². The van der Waals surface area contributed by atoms with Crippen molar-refractivity contribution in [1.29, 1.82) is 0 Å². The zero-order valence-corrected chi connectivity index (χ0v) is 11.9. The van der Waals surface area contributed by atoms with E-state index in [0.29, 0.717) is 17.2 Å². The monoisotopic (exact) mass is 265 g/mol. The third kappa shape index (κ3) is 3.40. The number of carbonyl (C=O) groups is 1. The van der Waals surface area contributed by atoms with E-state index in [4.69, 9.17) is 14.2 Å². The Kier molecular flexibility index (Phi) is 5.23. The van der Waals surface area contributed by atoms with Crippen molar-refractivity contribution >= 4 is 11.5 Å². The van der Waals surface area contributed by atoms with E-state index in [-0.39, 0.29) is 5.91 Å². The number of hydrogen-bond donors (Lipinski definition) is 1. The molecule has 0 aliphatic heterocycles. The number of allylic oxidation sites excluding steroid dienone is 1. The Morgan fingerprint density at radius 2 is 1.63 bits per heavy atom. The Labute approximate surface area is 113 Å². The molecular weight excluding hydrogens is 246 g/mol. The average molecular weight is 265 g/mol. The first-order chi connectivity index (χ1) is 9.07. The molecule has 0 spiro atoms. The van der Waals surface area contributed by atoms with E-state index in [1.165, 1.54) is 6.08 Å². The Balaban J connectivity index is 3.30. The summed E-state index contributed by atoms with van der Waals surface area (Å²) in [4.78, 5) is 11.4. The minimum Gasteiger partial charge on any atom is -0.493 e. The second-order valence-corrected chi connectivity index (χ2v) is 3.86. The molecule has 5 heteroatoms. The lowest BCUT2D eigenvalue weighted by atomic mass is 10.1. The summed E-state index contributed by atoms with van der Waals surface area (Å²) in [7, 11) is 6.24. The van der Waals surface area contributed by atoms with Gasteiger partial charge in [-0.05, 0) is 30.2 Å². The molecule has 0 radical (unpaired) electrons. The summed E-state index contributed by atoms with van der Waals surface area (Å²) in [5.74, 6) is 1.48. The Morgan fingerprint density at radius 3 is 2.00 bits per heavy atom. The van der Waals surface area contributed by atoms with Crippen molar-refractivity contribution in [3.8, 4) is 17.2 Å². The van der Waals surface area contributed by atoms with Gasteiger partial charge in [-0.15, -0.1) is 0 Å². The van der Waals surface area contributed by atoms with E-state index in [1.54, 1.807) is 40.5 Å². The predicted molar refractivity (Wildman–Crippen MR) is 73.8 cm³/mol. The third-order valence-corrected chi connectivity index (χ3v) is 2.71. The molecule has 1 rings (SSSR count). The molecule has 0 aromatic heterocycles. The first-order valence-electron chi connectivity index (χ1n) is 5.77. The quantitative estimate of drug-likeness (QED) is 0.826. The van der Waals surface area contributed by atoms with E-state index in [9.17, 15) is 4.79 Å². The van der Waals surface area contributed by atoms with Gasteiger partial charge in [0.25, 0.3) is 0 Å². The smallest absolute Gasteiger partial charge is 0.244 e. The Hall–Kier alpha value is -2.17. The molecule has 5 nitrogen and oxygen atoms in total. The molecular formula is C14H19NO4. The average Bonchev–Trinajstić information content (AvgIpc) is 2.44. The lowest BCUT2D eigenvalue weighted by Gasteiger charge is -2.14. The minimum absolute atomic E-state index is 0.161. The molecule has 0 aliphatic carbocycles. The standard InChI is InChI=1S/C14H19NO4/c1-9(6-13(16)15-2)10-7-11(17-3)14(19-5)12(8-10)18-4/h6-8H,1-5H3,(H,15,16)/b9-6+. The zero-order valence-electron chi connectivity index (χ0n) is 11.9. The van der Waals surface area contributed by atoms with Crippen LogP contribution in [0.3, 0.4) is 0 Å². The molecule has 0 aliphatic rings. The summed E-state index contributed by atoms with van der Waals surface area (Å²) in [5.41, 5.74) is 1.64. The number of likely N-dealkylation sites (N-methyl/N-ethyl adjacent to an activating group) is 1. The van der Waals surface area contributed by atoms with E-state index in [0.717, 1.165) is 11.1 Å². The van der Waals surface area contributed by atoms with Crippen LogP contribution in [0, 0.1) is 0 Å². The lowest BCUT2D eigenvalue weighted by molar-refractivity contribution is -0.116. The number of methoxy groups -OCH3 is 3. The third-order valence-electron chi connectivity index (χ3n) is 2.71. The van der Waals surface area contributed by atoms with Gasteiger partial charge in [-0.3, -0.25) is 4.79 Å². The number of ether oxygens (including phenoxy) is 3.